The second-order valence-corrected chi connectivity index (χ2v) is 5.49. The molecule has 3 N–H and O–H groups in total. The molecule has 2 heterocycles. The highest BCUT2D eigenvalue weighted by atomic mass is 32.2. The maximum atomic E-state index is 2.26. The Labute approximate surface area is 118 Å². The first-order valence-corrected chi connectivity index (χ1v) is 6.88. The van der Waals surface area contributed by atoms with Crippen molar-refractivity contribution in [3.63, 3.8) is 0 Å². The van der Waals surface area contributed by atoms with E-state index >= 15 is 0 Å². The Morgan fingerprint density at radius 2 is 1.58 bits per heavy atom. The zero-order valence-electron chi connectivity index (χ0n) is 11.3. The van der Waals surface area contributed by atoms with E-state index in [2.05, 4.69) is 73.0 Å². The Hall–Kier alpha value is -1.71. The fourth-order valence-corrected chi connectivity index (χ4v) is 3.29. The van der Waals surface area contributed by atoms with Crippen molar-refractivity contribution in [3.05, 3.63) is 66.0 Å². The predicted octanol–water partition coefficient (Wildman–Crippen LogP) is 4.87. The van der Waals surface area contributed by atoms with E-state index in [1.165, 1.54) is 26.6 Å². The van der Waals surface area contributed by atoms with Gasteiger partial charge in [-0.15, -0.1) is 0 Å². The van der Waals surface area contributed by atoms with Crippen molar-refractivity contribution < 1.29 is 0 Å². The smallest absolute Gasteiger partial charge is 0.0595 e. The van der Waals surface area contributed by atoms with Crippen LogP contribution in [0.4, 0.5) is 0 Å². The Balaban J connectivity index is 0.00000133. The minimum absolute atomic E-state index is 0. The molecule has 98 valence electrons. The van der Waals surface area contributed by atoms with E-state index in [1.807, 2.05) is 11.8 Å². The molecular formula is C16H18N2S. The molecule has 0 saturated carbocycles. The van der Waals surface area contributed by atoms with Crippen molar-refractivity contribution in [2.24, 2.45) is 0 Å². The molecule has 0 fully saturated rings. The highest BCUT2D eigenvalue weighted by Crippen LogP contribution is 2.36. The summed E-state index contributed by atoms with van der Waals surface area (Å²) in [5.41, 5.74) is 3.99. The van der Waals surface area contributed by atoms with Crippen molar-refractivity contribution in [2.45, 2.75) is 23.6 Å². The molecule has 0 aliphatic rings. The summed E-state index contributed by atoms with van der Waals surface area (Å²) in [6.07, 6.45) is 2.13. The lowest BCUT2D eigenvalue weighted by atomic mass is 10.3. The summed E-state index contributed by atoms with van der Waals surface area (Å²) < 4.78 is 2.26. The second kappa shape index (κ2) is 5.51. The third-order valence-corrected chi connectivity index (χ3v) is 4.53. The number of pyridine rings is 1. The highest BCUT2D eigenvalue weighted by molar-refractivity contribution is 7.99. The third kappa shape index (κ3) is 2.39. The third-order valence-electron chi connectivity index (χ3n) is 3.30. The van der Waals surface area contributed by atoms with E-state index in [9.17, 15) is 0 Å². The molecule has 3 rings (SSSR count). The number of aryl methyl sites for hydroxylation is 1. The van der Waals surface area contributed by atoms with Crippen LogP contribution in [-0.4, -0.2) is 4.40 Å². The lowest BCUT2D eigenvalue weighted by Crippen LogP contribution is -1.84. The molecule has 0 radical (unpaired) electrons. The fourth-order valence-electron chi connectivity index (χ4n) is 2.19. The topological polar surface area (TPSA) is 39.4 Å². The number of hydrogen-bond acceptors (Lipinski definition) is 2. The molecule has 0 aliphatic carbocycles. The van der Waals surface area contributed by atoms with E-state index in [0.29, 0.717) is 0 Å². The SMILES string of the molecule is Cc1c(Sc2ccccc2)c2ccccn2c1C.N. The average Bonchev–Trinajstić information content (AvgIpc) is 2.66. The Morgan fingerprint density at radius 3 is 2.32 bits per heavy atom. The van der Waals surface area contributed by atoms with Crippen molar-refractivity contribution in [2.75, 3.05) is 0 Å². The largest absolute Gasteiger partial charge is 0.344 e. The van der Waals surface area contributed by atoms with Gasteiger partial charge >= 0.3 is 0 Å². The van der Waals surface area contributed by atoms with E-state index in [1.54, 1.807) is 0 Å². The molecule has 3 heteroatoms. The van der Waals surface area contributed by atoms with Crippen molar-refractivity contribution in [1.82, 2.24) is 10.6 Å². The first-order valence-electron chi connectivity index (χ1n) is 6.06. The van der Waals surface area contributed by atoms with Crippen molar-refractivity contribution >= 4 is 17.3 Å². The van der Waals surface area contributed by atoms with E-state index in [-0.39, 0.29) is 6.15 Å². The fraction of sp³-hybridized carbons (Fsp3) is 0.125. The van der Waals surface area contributed by atoms with Gasteiger partial charge in [0.25, 0.3) is 0 Å². The summed E-state index contributed by atoms with van der Waals surface area (Å²) in [5, 5.41) is 0. The van der Waals surface area contributed by atoms with Gasteiger partial charge in [-0.05, 0) is 43.7 Å². The number of fused-ring (bicyclic) bond motifs is 1. The zero-order chi connectivity index (χ0) is 12.5. The highest BCUT2D eigenvalue weighted by Gasteiger charge is 2.12. The Bertz CT molecular complexity index is 687. The van der Waals surface area contributed by atoms with Gasteiger partial charge in [0.2, 0.25) is 0 Å². The monoisotopic (exact) mass is 270 g/mol. The summed E-state index contributed by atoms with van der Waals surface area (Å²) in [7, 11) is 0. The Kier molecular flexibility index (Phi) is 3.98. The lowest BCUT2D eigenvalue weighted by molar-refractivity contribution is 1.09. The molecule has 2 nitrogen and oxygen atoms in total. The van der Waals surface area contributed by atoms with Gasteiger partial charge in [0.05, 0.1) is 5.52 Å². The maximum Gasteiger partial charge on any atom is 0.0595 e. The van der Waals surface area contributed by atoms with Gasteiger partial charge in [-0.1, -0.05) is 36.0 Å². The molecule has 2 aromatic heterocycles. The normalized spacial score (nSPS) is 10.4. The van der Waals surface area contributed by atoms with Gasteiger partial charge in [0, 0.05) is 21.7 Å². The number of hydrogen-bond donors (Lipinski definition) is 1. The molecule has 0 atom stereocenters. The van der Waals surface area contributed by atoms with Crippen LogP contribution < -0.4 is 6.15 Å². The molecular weight excluding hydrogens is 252 g/mol. The van der Waals surface area contributed by atoms with E-state index < -0.39 is 0 Å². The van der Waals surface area contributed by atoms with Crippen LogP contribution in [0.25, 0.3) is 5.52 Å². The average molecular weight is 270 g/mol. The maximum absolute atomic E-state index is 2.26. The van der Waals surface area contributed by atoms with Crippen LogP contribution in [0.5, 0.6) is 0 Å². The minimum atomic E-state index is 0. The number of nitrogens with zero attached hydrogens (tertiary/aromatic N) is 1. The van der Waals surface area contributed by atoms with Gasteiger partial charge < -0.3 is 10.6 Å². The van der Waals surface area contributed by atoms with Gasteiger partial charge in [-0.3, -0.25) is 0 Å². The van der Waals surface area contributed by atoms with Gasteiger partial charge in [0.1, 0.15) is 0 Å². The van der Waals surface area contributed by atoms with E-state index in [0.717, 1.165) is 0 Å². The van der Waals surface area contributed by atoms with Gasteiger partial charge in [-0.25, -0.2) is 0 Å². The zero-order valence-corrected chi connectivity index (χ0v) is 12.1. The van der Waals surface area contributed by atoms with Gasteiger partial charge in [0.15, 0.2) is 0 Å². The lowest BCUT2D eigenvalue weighted by Gasteiger charge is -2.01. The van der Waals surface area contributed by atoms with Crippen molar-refractivity contribution in [1.29, 1.82) is 0 Å². The molecule has 19 heavy (non-hydrogen) atoms. The minimum Gasteiger partial charge on any atom is -0.344 e. The number of benzene rings is 1. The van der Waals surface area contributed by atoms with Crippen LogP contribution in [0.3, 0.4) is 0 Å². The molecule has 0 spiro atoms. The van der Waals surface area contributed by atoms with Crippen LogP contribution in [0.15, 0.2) is 64.5 Å². The summed E-state index contributed by atoms with van der Waals surface area (Å²) in [6.45, 7) is 4.38. The summed E-state index contributed by atoms with van der Waals surface area (Å²) in [4.78, 5) is 2.65. The second-order valence-electron chi connectivity index (χ2n) is 4.41. The molecule has 1 aromatic carbocycles. The van der Waals surface area contributed by atoms with E-state index in [4.69, 9.17) is 0 Å². The summed E-state index contributed by atoms with van der Waals surface area (Å²) in [5.74, 6) is 0. The van der Waals surface area contributed by atoms with Crippen molar-refractivity contribution in [3.8, 4) is 0 Å². The Morgan fingerprint density at radius 1 is 0.895 bits per heavy atom. The molecule has 3 aromatic rings. The van der Waals surface area contributed by atoms with Crippen LogP contribution in [0.2, 0.25) is 0 Å². The molecule has 0 bridgehead atoms. The first-order chi connectivity index (χ1) is 8.77. The molecule has 0 unspecified atom stereocenters. The first kappa shape index (κ1) is 13.7. The van der Waals surface area contributed by atoms with Crippen LogP contribution in [0, 0.1) is 13.8 Å². The summed E-state index contributed by atoms with van der Waals surface area (Å²) >= 11 is 1.84. The van der Waals surface area contributed by atoms with Crippen LogP contribution >= 0.6 is 11.8 Å². The van der Waals surface area contributed by atoms with Gasteiger partial charge in [-0.2, -0.15) is 0 Å². The molecule has 0 amide bonds. The van der Waals surface area contributed by atoms with Crippen LogP contribution in [-0.2, 0) is 0 Å². The summed E-state index contributed by atoms with van der Waals surface area (Å²) in [6, 6.07) is 16.9. The molecule has 0 aliphatic heterocycles. The number of rotatable bonds is 2. The quantitative estimate of drug-likeness (QED) is 0.721. The van der Waals surface area contributed by atoms with Crippen LogP contribution in [0.1, 0.15) is 11.3 Å². The molecule has 0 saturated heterocycles. The predicted molar refractivity (Wildman–Crippen MR) is 82.5 cm³/mol. The standard InChI is InChI=1S/C16H15NS.H3N/c1-12-13(2)17-11-7-6-10-15(17)16(12)18-14-8-4-3-5-9-14;/h3-11H,1-2H3;1H3. The number of aromatic nitrogens is 1.